The van der Waals surface area contributed by atoms with E-state index in [2.05, 4.69) is 19.2 Å². The number of aliphatic hydroxyl groups is 5. The Morgan fingerprint density at radius 2 is 0.917 bits per heavy atom. The van der Waals surface area contributed by atoms with Crippen molar-refractivity contribution in [2.45, 2.75) is 294 Å². The molecule has 1 fully saturated rings. The van der Waals surface area contributed by atoms with Gasteiger partial charge in [-0.25, -0.2) is 0 Å². The first kappa shape index (κ1) is 56.9. The Balaban J connectivity index is 2.13. The molecule has 1 amide bonds. The number of allylic oxidation sites excluding steroid dienone is 1. The largest absolute Gasteiger partial charge is 0.394 e. The van der Waals surface area contributed by atoms with E-state index in [1.165, 1.54) is 193 Å². The van der Waals surface area contributed by atoms with E-state index in [0.717, 1.165) is 38.5 Å². The number of rotatable bonds is 44. The molecule has 0 bridgehead atoms. The molecule has 1 aliphatic rings. The lowest BCUT2D eigenvalue weighted by Gasteiger charge is -2.40. The molecule has 9 heteroatoms. The fraction of sp³-hybridized carbons (Fsp3) is 0.941. The van der Waals surface area contributed by atoms with Gasteiger partial charge in [0.05, 0.1) is 25.4 Å². The molecule has 1 saturated heterocycles. The monoisotopic (exact) mass is 854 g/mol. The highest BCUT2D eigenvalue weighted by Crippen LogP contribution is 2.23. The molecule has 60 heavy (non-hydrogen) atoms. The van der Waals surface area contributed by atoms with Crippen LogP contribution >= 0.6 is 0 Å². The molecule has 7 unspecified atom stereocenters. The lowest BCUT2D eigenvalue weighted by atomic mass is 9.99. The number of carbonyl (C=O) groups is 1. The van der Waals surface area contributed by atoms with Crippen molar-refractivity contribution < 1.29 is 39.8 Å². The third-order valence-corrected chi connectivity index (χ3v) is 12.6. The second-order valence-corrected chi connectivity index (χ2v) is 18.3. The third kappa shape index (κ3) is 31.7. The molecular formula is C51H99NO8. The second kappa shape index (κ2) is 41.9. The van der Waals surface area contributed by atoms with Crippen molar-refractivity contribution in [1.29, 1.82) is 0 Å². The fourth-order valence-corrected chi connectivity index (χ4v) is 8.45. The summed E-state index contributed by atoms with van der Waals surface area (Å²) in [7, 11) is 0. The van der Waals surface area contributed by atoms with Crippen LogP contribution in [0.5, 0.6) is 0 Å². The molecule has 1 rings (SSSR count). The van der Waals surface area contributed by atoms with E-state index in [4.69, 9.17) is 9.47 Å². The molecule has 0 spiro atoms. The highest BCUT2D eigenvalue weighted by atomic mass is 16.7. The molecule has 0 aromatic heterocycles. The van der Waals surface area contributed by atoms with Crippen LogP contribution in [-0.4, -0.2) is 87.5 Å². The minimum Gasteiger partial charge on any atom is -0.394 e. The molecule has 1 aliphatic heterocycles. The molecule has 1 heterocycles. The van der Waals surface area contributed by atoms with E-state index in [9.17, 15) is 30.3 Å². The number of aliphatic hydroxyl groups excluding tert-OH is 5. The van der Waals surface area contributed by atoms with Crippen LogP contribution in [0.25, 0.3) is 0 Å². The molecule has 6 N–H and O–H groups in total. The maximum absolute atomic E-state index is 12.9. The van der Waals surface area contributed by atoms with Gasteiger partial charge in [-0.3, -0.25) is 4.79 Å². The summed E-state index contributed by atoms with van der Waals surface area (Å²) in [5.41, 5.74) is 0. The lowest BCUT2D eigenvalue weighted by Crippen LogP contribution is -2.60. The van der Waals surface area contributed by atoms with Gasteiger partial charge in [-0.05, 0) is 19.3 Å². The predicted octanol–water partition coefficient (Wildman–Crippen LogP) is 11.7. The molecule has 0 saturated carbocycles. The predicted molar refractivity (Wildman–Crippen MR) is 249 cm³/mol. The van der Waals surface area contributed by atoms with Crippen molar-refractivity contribution in [2.24, 2.45) is 0 Å². The van der Waals surface area contributed by atoms with E-state index >= 15 is 0 Å². The standard InChI is InChI=1S/C51H99NO8/c1-3-5-7-9-11-13-14-15-16-17-18-19-20-21-22-23-24-25-26-27-28-29-30-31-32-33-34-36-38-40-45(54)44(52-47(55)41-39-37-35-12-10-8-6-4-2)43-59-51-50(58)49(57)48(56)46(42-53)60-51/h38,40,44-46,48-51,53-54,56-58H,3-37,39,41-43H2,1-2H3,(H,52,55)/b40-38+. The van der Waals surface area contributed by atoms with Gasteiger partial charge in [0.15, 0.2) is 6.29 Å². The van der Waals surface area contributed by atoms with Gasteiger partial charge in [0, 0.05) is 6.42 Å². The molecule has 356 valence electrons. The number of carbonyl (C=O) groups excluding carboxylic acids is 1. The molecule has 0 radical (unpaired) electrons. The molecule has 0 aromatic carbocycles. The number of nitrogens with one attached hydrogen (secondary N) is 1. The lowest BCUT2D eigenvalue weighted by molar-refractivity contribution is -0.302. The summed E-state index contributed by atoms with van der Waals surface area (Å²) in [5, 5.41) is 54.1. The Labute approximate surface area is 369 Å². The molecule has 0 aromatic rings. The fourth-order valence-electron chi connectivity index (χ4n) is 8.45. The van der Waals surface area contributed by atoms with Crippen LogP contribution in [0.1, 0.15) is 251 Å². The average Bonchev–Trinajstić information content (AvgIpc) is 3.25. The van der Waals surface area contributed by atoms with Crippen LogP contribution in [0.15, 0.2) is 12.2 Å². The van der Waals surface area contributed by atoms with Gasteiger partial charge >= 0.3 is 0 Å². The second-order valence-electron chi connectivity index (χ2n) is 18.3. The number of hydrogen-bond acceptors (Lipinski definition) is 8. The average molecular weight is 854 g/mol. The van der Waals surface area contributed by atoms with Gasteiger partial charge in [0.1, 0.15) is 24.4 Å². The van der Waals surface area contributed by atoms with E-state index in [1.807, 2.05) is 6.08 Å². The summed E-state index contributed by atoms with van der Waals surface area (Å²) >= 11 is 0. The van der Waals surface area contributed by atoms with Crippen LogP contribution in [0.2, 0.25) is 0 Å². The number of unbranched alkanes of at least 4 members (excludes halogenated alkanes) is 34. The van der Waals surface area contributed by atoms with Crippen LogP contribution in [-0.2, 0) is 14.3 Å². The van der Waals surface area contributed by atoms with Crippen LogP contribution in [0, 0.1) is 0 Å². The van der Waals surface area contributed by atoms with Crippen molar-refractivity contribution >= 4 is 5.91 Å². The van der Waals surface area contributed by atoms with E-state index in [1.54, 1.807) is 6.08 Å². The van der Waals surface area contributed by atoms with Gasteiger partial charge in [-0.2, -0.15) is 0 Å². The smallest absolute Gasteiger partial charge is 0.220 e. The first-order valence-corrected chi connectivity index (χ1v) is 25.9. The maximum Gasteiger partial charge on any atom is 0.220 e. The Bertz CT molecular complexity index is 950. The Morgan fingerprint density at radius 1 is 0.550 bits per heavy atom. The Kier molecular flexibility index (Phi) is 39.8. The first-order valence-electron chi connectivity index (χ1n) is 25.9. The van der Waals surface area contributed by atoms with E-state index in [-0.39, 0.29) is 12.5 Å². The first-order chi connectivity index (χ1) is 29.3. The zero-order valence-corrected chi connectivity index (χ0v) is 39.2. The highest BCUT2D eigenvalue weighted by Gasteiger charge is 2.44. The van der Waals surface area contributed by atoms with Crippen molar-refractivity contribution in [3.05, 3.63) is 12.2 Å². The Hall–Kier alpha value is -1.07. The molecular weight excluding hydrogens is 755 g/mol. The number of ether oxygens (including phenoxy) is 2. The summed E-state index contributed by atoms with van der Waals surface area (Å²) in [6.07, 6.45) is 43.0. The molecule has 7 atom stereocenters. The van der Waals surface area contributed by atoms with Crippen LogP contribution < -0.4 is 5.32 Å². The van der Waals surface area contributed by atoms with Crippen molar-refractivity contribution in [3.63, 3.8) is 0 Å². The van der Waals surface area contributed by atoms with Crippen LogP contribution in [0.4, 0.5) is 0 Å². The van der Waals surface area contributed by atoms with Gasteiger partial charge < -0.3 is 40.3 Å². The summed E-state index contributed by atoms with van der Waals surface area (Å²) in [4.78, 5) is 12.9. The molecule has 9 nitrogen and oxygen atoms in total. The van der Waals surface area contributed by atoms with E-state index < -0.39 is 49.5 Å². The number of hydrogen-bond donors (Lipinski definition) is 6. The van der Waals surface area contributed by atoms with E-state index in [0.29, 0.717) is 6.42 Å². The van der Waals surface area contributed by atoms with Gasteiger partial charge in [-0.1, -0.05) is 238 Å². The summed E-state index contributed by atoms with van der Waals surface area (Å²) in [6.45, 7) is 3.76. The van der Waals surface area contributed by atoms with Gasteiger partial charge in [0.25, 0.3) is 0 Å². The number of amides is 1. The minimum atomic E-state index is -1.56. The van der Waals surface area contributed by atoms with Gasteiger partial charge in [0.2, 0.25) is 5.91 Å². The topological polar surface area (TPSA) is 149 Å². The summed E-state index contributed by atoms with van der Waals surface area (Å²) in [5.74, 6) is -0.179. The third-order valence-electron chi connectivity index (χ3n) is 12.6. The Morgan fingerprint density at radius 3 is 1.30 bits per heavy atom. The van der Waals surface area contributed by atoms with Gasteiger partial charge in [-0.15, -0.1) is 0 Å². The minimum absolute atomic E-state index is 0.179. The maximum atomic E-state index is 12.9. The van der Waals surface area contributed by atoms with Crippen molar-refractivity contribution in [2.75, 3.05) is 13.2 Å². The van der Waals surface area contributed by atoms with Crippen LogP contribution in [0.3, 0.4) is 0 Å². The summed E-state index contributed by atoms with van der Waals surface area (Å²) < 4.78 is 11.2. The summed E-state index contributed by atoms with van der Waals surface area (Å²) in [6, 6.07) is -0.797. The van der Waals surface area contributed by atoms with Crippen molar-refractivity contribution in [1.82, 2.24) is 5.32 Å². The molecule has 0 aliphatic carbocycles. The zero-order valence-electron chi connectivity index (χ0n) is 39.2. The zero-order chi connectivity index (χ0) is 43.7. The normalized spacial score (nSPS) is 20.6. The SMILES string of the molecule is CCCCCCCCCCCCCCCCCCCCCCCCCCCCC/C=C/C(O)C(COC1OC(CO)C(O)C(O)C1O)NC(=O)CCCCCCCCCC. The van der Waals surface area contributed by atoms with Crippen molar-refractivity contribution in [3.8, 4) is 0 Å². The highest BCUT2D eigenvalue weighted by molar-refractivity contribution is 5.76. The quantitative estimate of drug-likeness (QED) is 0.0262.